The Kier molecular flexibility index (Phi) is 5.81. The minimum Gasteiger partial charge on any atom is -0.481 e. The number of hydrogen-bond acceptors (Lipinski definition) is 4. The van der Waals surface area contributed by atoms with E-state index >= 15 is 0 Å². The lowest BCUT2D eigenvalue weighted by Crippen LogP contribution is -2.43. The number of benzene rings is 1. The van der Waals surface area contributed by atoms with Crippen molar-refractivity contribution in [2.24, 2.45) is 0 Å². The maximum absolute atomic E-state index is 11.5. The van der Waals surface area contributed by atoms with E-state index in [9.17, 15) is 14.7 Å². The molecule has 0 saturated heterocycles. The van der Waals surface area contributed by atoms with Crippen LogP contribution in [0, 0.1) is 0 Å². The van der Waals surface area contributed by atoms with Crippen molar-refractivity contribution in [2.75, 3.05) is 0 Å². The molecule has 0 aromatic heterocycles. The quantitative estimate of drug-likeness (QED) is 0.718. The number of ether oxygens (including phenoxy) is 1. The van der Waals surface area contributed by atoms with Gasteiger partial charge in [0.05, 0.1) is 18.6 Å². The molecule has 0 fully saturated rings. The van der Waals surface area contributed by atoms with E-state index in [0.717, 1.165) is 5.56 Å². The second-order valence-corrected chi connectivity index (χ2v) is 4.15. The third kappa shape index (κ3) is 5.87. The van der Waals surface area contributed by atoms with Gasteiger partial charge in [-0.05, 0) is 12.5 Å². The molecule has 0 radical (unpaired) electrons. The Morgan fingerprint density at radius 1 is 1.32 bits per heavy atom. The van der Waals surface area contributed by atoms with Crippen LogP contribution >= 0.6 is 0 Å². The van der Waals surface area contributed by atoms with Crippen LogP contribution in [0.4, 0.5) is 4.79 Å². The Balaban J connectivity index is 2.42. The van der Waals surface area contributed by atoms with Crippen LogP contribution in [0.5, 0.6) is 0 Å². The maximum Gasteiger partial charge on any atom is 0.407 e. The molecule has 0 unspecified atom stereocenters. The lowest BCUT2D eigenvalue weighted by atomic mass is 10.1. The highest BCUT2D eigenvalue weighted by molar-refractivity contribution is 5.71. The van der Waals surface area contributed by atoms with Crippen molar-refractivity contribution in [3.8, 4) is 0 Å². The zero-order valence-electron chi connectivity index (χ0n) is 10.6. The average molecular weight is 267 g/mol. The number of hydrogen-bond donors (Lipinski definition) is 3. The normalized spacial score (nSPS) is 13.4. The van der Waals surface area contributed by atoms with Gasteiger partial charge in [-0.2, -0.15) is 0 Å². The van der Waals surface area contributed by atoms with Crippen LogP contribution in [-0.4, -0.2) is 34.4 Å². The van der Waals surface area contributed by atoms with Gasteiger partial charge in [0.15, 0.2) is 0 Å². The van der Waals surface area contributed by atoms with Gasteiger partial charge < -0.3 is 20.3 Å². The minimum atomic E-state index is -1.10. The second-order valence-electron chi connectivity index (χ2n) is 4.15. The lowest BCUT2D eigenvalue weighted by molar-refractivity contribution is -0.138. The van der Waals surface area contributed by atoms with Crippen molar-refractivity contribution in [3.63, 3.8) is 0 Å². The van der Waals surface area contributed by atoms with Gasteiger partial charge in [-0.3, -0.25) is 4.79 Å². The Labute approximate surface area is 111 Å². The number of aliphatic carboxylic acids is 1. The molecule has 0 aliphatic heterocycles. The predicted octanol–water partition coefficient (Wildman–Crippen LogP) is 1.14. The van der Waals surface area contributed by atoms with Crippen molar-refractivity contribution in [1.82, 2.24) is 5.32 Å². The summed E-state index contributed by atoms with van der Waals surface area (Å²) in [7, 11) is 0. The van der Waals surface area contributed by atoms with Gasteiger partial charge in [0.25, 0.3) is 0 Å². The molecule has 6 nitrogen and oxygen atoms in total. The maximum atomic E-state index is 11.5. The van der Waals surface area contributed by atoms with Crippen LogP contribution in [0.2, 0.25) is 0 Å². The Morgan fingerprint density at radius 2 is 1.95 bits per heavy atom. The van der Waals surface area contributed by atoms with E-state index in [2.05, 4.69) is 5.32 Å². The van der Waals surface area contributed by atoms with Gasteiger partial charge in [-0.1, -0.05) is 30.3 Å². The molecule has 0 aliphatic rings. The Hall–Kier alpha value is -2.08. The zero-order chi connectivity index (χ0) is 14.3. The molecule has 1 aromatic rings. The molecule has 19 heavy (non-hydrogen) atoms. The highest BCUT2D eigenvalue weighted by Gasteiger charge is 2.21. The van der Waals surface area contributed by atoms with Crippen molar-refractivity contribution >= 4 is 12.1 Å². The summed E-state index contributed by atoms with van der Waals surface area (Å²) in [6, 6.07) is 8.22. The molecule has 0 bridgehead atoms. The minimum absolute atomic E-state index is 0.0896. The van der Waals surface area contributed by atoms with Crippen LogP contribution in [0.25, 0.3) is 0 Å². The molecule has 3 N–H and O–H groups in total. The van der Waals surface area contributed by atoms with Gasteiger partial charge in [0, 0.05) is 0 Å². The first kappa shape index (κ1) is 15.0. The van der Waals surface area contributed by atoms with Gasteiger partial charge >= 0.3 is 12.1 Å². The second kappa shape index (κ2) is 7.38. The van der Waals surface area contributed by atoms with E-state index in [1.54, 1.807) is 12.1 Å². The first-order valence-electron chi connectivity index (χ1n) is 5.86. The summed E-state index contributed by atoms with van der Waals surface area (Å²) in [4.78, 5) is 22.0. The fourth-order valence-corrected chi connectivity index (χ4v) is 1.45. The van der Waals surface area contributed by atoms with E-state index in [4.69, 9.17) is 9.84 Å². The molecular formula is C13H17NO5. The van der Waals surface area contributed by atoms with E-state index in [1.165, 1.54) is 6.92 Å². The number of aliphatic hydroxyl groups excluding tert-OH is 1. The van der Waals surface area contributed by atoms with E-state index in [0.29, 0.717) is 0 Å². The summed E-state index contributed by atoms with van der Waals surface area (Å²) in [5.41, 5.74) is 0.824. The Bertz CT molecular complexity index is 418. The summed E-state index contributed by atoms with van der Waals surface area (Å²) in [6.45, 7) is 1.50. The summed E-state index contributed by atoms with van der Waals surface area (Å²) >= 11 is 0. The van der Waals surface area contributed by atoms with E-state index in [1.807, 2.05) is 18.2 Å². The molecule has 1 aromatic carbocycles. The van der Waals surface area contributed by atoms with Crippen LogP contribution < -0.4 is 5.32 Å². The molecule has 0 spiro atoms. The number of carbonyl (C=O) groups excluding carboxylic acids is 1. The number of amides is 1. The molecule has 1 rings (SSSR count). The summed E-state index contributed by atoms with van der Waals surface area (Å²) in [5.74, 6) is -1.10. The van der Waals surface area contributed by atoms with Crippen LogP contribution in [-0.2, 0) is 16.1 Å². The topological polar surface area (TPSA) is 95.9 Å². The Morgan fingerprint density at radius 3 is 2.47 bits per heavy atom. The molecule has 0 saturated carbocycles. The van der Waals surface area contributed by atoms with Crippen molar-refractivity contribution in [1.29, 1.82) is 0 Å². The third-order valence-electron chi connectivity index (χ3n) is 2.49. The number of carbonyl (C=O) groups is 2. The fraction of sp³-hybridized carbons (Fsp3) is 0.385. The molecular weight excluding hydrogens is 250 g/mol. The van der Waals surface area contributed by atoms with Gasteiger partial charge in [-0.25, -0.2) is 4.79 Å². The third-order valence-corrected chi connectivity index (χ3v) is 2.49. The number of carboxylic acids is 1. The van der Waals surface area contributed by atoms with E-state index in [-0.39, 0.29) is 13.0 Å². The summed E-state index contributed by atoms with van der Waals surface area (Å²) < 4.78 is 4.94. The molecule has 0 aliphatic carbocycles. The van der Waals surface area contributed by atoms with Crippen molar-refractivity contribution in [2.45, 2.75) is 32.1 Å². The van der Waals surface area contributed by atoms with Gasteiger partial charge in [-0.15, -0.1) is 0 Å². The summed E-state index contributed by atoms with van der Waals surface area (Å²) in [5, 5.41) is 20.3. The highest BCUT2D eigenvalue weighted by Crippen LogP contribution is 2.03. The smallest absolute Gasteiger partial charge is 0.407 e. The van der Waals surface area contributed by atoms with E-state index < -0.39 is 24.2 Å². The lowest BCUT2D eigenvalue weighted by Gasteiger charge is -2.19. The number of rotatable bonds is 6. The molecule has 1 amide bonds. The van der Waals surface area contributed by atoms with Crippen LogP contribution in [0.3, 0.4) is 0 Å². The van der Waals surface area contributed by atoms with Crippen molar-refractivity contribution in [3.05, 3.63) is 35.9 Å². The SMILES string of the molecule is C[C@H](O)[C@@H](CC(=O)O)NC(=O)OCc1ccccc1. The number of carboxylic acid groups (broad SMARTS) is 1. The number of nitrogens with one attached hydrogen (secondary N) is 1. The molecule has 104 valence electrons. The van der Waals surface area contributed by atoms with Gasteiger partial charge in [0.1, 0.15) is 6.61 Å². The first-order chi connectivity index (χ1) is 8.99. The van der Waals surface area contributed by atoms with Crippen LogP contribution in [0.1, 0.15) is 18.9 Å². The monoisotopic (exact) mass is 267 g/mol. The molecule has 2 atom stereocenters. The largest absolute Gasteiger partial charge is 0.481 e. The van der Waals surface area contributed by atoms with Gasteiger partial charge in [0.2, 0.25) is 0 Å². The zero-order valence-corrected chi connectivity index (χ0v) is 10.6. The van der Waals surface area contributed by atoms with Crippen molar-refractivity contribution < 1.29 is 24.5 Å². The molecule has 6 heteroatoms. The predicted molar refractivity (Wildman–Crippen MR) is 67.5 cm³/mol. The number of aliphatic hydroxyl groups is 1. The molecule has 0 heterocycles. The first-order valence-corrected chi connectivity index (χ1v) is 5.86. The summed E-state index contributed by atoms with van der Waals surface area (Å²) in [6.07, 6.45) is -2.09. The fourth-order valence-electron chi connectivity index (χ4n) is 1.45. The average Bonchev–Trinajstić information content (AvgIpc) is 2.36. The van der Waals surface area contributed by atoms with Crippen LogP contribution in [0.15, 0.2) is 30.3 Å². The standard InChI is InChI=1S/C13H17NO5/c1-9(15)11(7-12(16)17)14-13(18)19-8-10-5-3-2-4-6-10/h2-6,9,11,15H,7-8H2,1H3,(H,14,18)(H,16,17)/t9-,11+/m0/s1. The highest BCUT2D eigenvalue weighted by atomic mass is 16.5. The number of alkyl carbamates (subject to hydrolysis) is 1.